The number of thiol groups is 1. The maximum Gasteiger partial charge on any atom is 0.326 e. The molecular weight excluding hydrogens is 412 g/mol. The molecule has 0 aliphatic heterocycles. The van der Waals surface area contributed by atoms with Crippen LogP contribution in [0.1, 0.15) is 18.4 Å². The Hall–Kier alpha value is -2.99. The van der Waals surface area contributed by atoms with E-state index >= 15 is 0 Å². The third-order valence-corrected chi connectivity index (χ3v) is 4.50. The molecule has 2 amide bonds. The predicted octanol–water partition coefficient (Wildman–Crippen LogP) is -1.70. The lowest BCUT2D eigenvalue weighted by molar-refractivity contribution is -0.142. The van der Waals surface area contributed by atoms with Crippen molar-refractivity contribution in [2.45, 2.75) is 37.4 Å². The number of hydrogen-bond acceptors (Lipinski definition) is 7. The maximum atomic E-state index is 12.8. The topological polar surface area (TPSA) is 206 Å². The summed E-state index contributed by atoms with van der Waals surface area (Å²) in [6.07, 6.45) is 0.486. The van der Waals surface area contributed by atoms with Crippen molar-refractivity contribution in [3.05, 3.63) is 29.8 Å². The van der Waals surface area contributed by atoms with E-state index in [1.165, 1.54) is 12.1 Å². The first-order chi connectivity index (χ1) is 14.1. The highest BCUT2D eigenvalue weighted by Gasteiger charge is 2.27. The second-order valence-corrected chi connectivity index (χ2v) is 6.93. The highest BCUT2D eigenvalue weighted by molar-refractivity contribution is 7.80. The molecule has 1 aromatic carbocycles. The first-order valence-electron chi connectivity index (χ1n) is 9.17. The van der Waals surface area contributed by atoms with E-state index in [2.05, 4.69) is 28.3 Å². The number of aliphatic imine (C=N–C) groups is 1. The van der Waals surface area contributed by atoms with Crippen LogP contribution >= 0.6 is 12.6 Å². The molecule has 3 unspecified atom stereocenters. The summed E-state index contributed by atoms with van der Waals surface area (Å²) in [7, 11) is 0. The SMILES string of the molecule is NC(N)=NCCCC(NC(=O)C(Cc1ccc(O)cc1)NC(=O)C(N)CS)C(=O)O. The normalized spacial score (nSPS) is 13.5. The van der Waals surface area contributed by atoms with E-state index in [9.17, 15) is 24.6 Å². The van der Waals surface area contributed by atoms with Gasteiger partial charge in [0, 0.05) is 18.7 Å². The number of guanidine groups is 1. The van der Waals surface area contributed by atoms with E-state index < -0.39 is 35.9 Å². The summed E-state index contributed by atoms with van der Waals surface area (Å²) in [5.41, 5.74) is 16.7. The number of amides is 2. The van der Waals surface area contributed by atoms with Crippen molar-refractivity contribution in [1.82, 2.24) is 10.6 Å². The largest absolute Gasteiger partial charge is 0.508 e. The molecule has 0 spiro atoms. The Kier molecular flexibility index (Phi) is 10.5. The van der Waals surface area contributed by atoms with E-state index in [4.69, 9.17) is 17.2 Å². The number of phenols is 1. The Morgan fingerprint density at radius 3 is 2.20 bits per heavy atom. The molecule has 12 heteroatoms. The van der Waals surface area contributed by atoms with Crippen LogP contribution in [0.15, 0.2) is 29.3 Å². The number of phenolic OH excluding ortho intramolecular Hbond substituents is 1. The molecule has 1 rings (SSSR count). The van der Waals surface area contributed by atoms with Crippen molar-refractivity contribution >= 4 is 36.4 Å². The Morgan fingerprint density at radius 1 is 1.07 bits per heavy atom. The van der Waals surface area contributed by atoms with Crippen LogP contribution in [0.2, 0.25) is 0 Å². The van der Waals surface area contributed by atoms with E-state index in [1.807, 2.05) is 0 Å². The monoisotopic (exact) mass is 440 g/mol. The quantitative estimate of drug-likeness (QED) is 0.0811. The molecule has 0 bridgehead atoms. The molecule has 1 aromatic rings. The molecule has 0 aliphatic carbocycles. The summed E-state index contributed by atoms with van der Waals surface area (Å²) < 4.78 is 0. The number of rotatable bonds is 12. The number of nitrogens with two attached hydrogens (primary N) is 3. The fourth-order valence-electron chi connectivity index (χ4n) is 2.47. The van der Waals surface area contributed by atoms with Gasteiger partial charge in [0.25, 0.3) is 0 Å². The van der Waals surface area contributed by atoms with E-state index in [0.29, 0.717) is 12.0 Å². The van der Waals surface area contributed by atoms with Gasteiger partial charge in [0.05, 0.1) is 6.04 Å². The zero-order valence-electron chi connectivity index (χ0n) is 16.3. The van der Waals surface area contributed by atoms with Gasteiger partial charge in [-0.3, -0.25) is 14.6 Å². The van der Waals surface area contributed by atoms with Gasteiger partial charge in [0.1, 0.15) is 17.8 Å². The maximum absolute atomic E-state index is 12.8. The fraction of sp³-hybridized carbons (Fsp3) is 0.444. The van der Waals surface area contributed by atoms with Gasteiger partial charge in [-0.25, -0.2) is 4.79 Å². The lowest BCUT2D eigenvalue weighted by Crippen LogP contribution is -2.55. The summed E-state index contributed by atoms with van der Waals surface area (Å²) in [4.78, 5) is 40.2. The highest BCUT2D eigenvalue weighted by atomic mass is 32.1. The van der Waals surface area contributed by atoms with Gasteiger partial charge in [-0.05, 0) is 30.5 Å². The van der Waals surface area contributed by atoms with Crippen LogP contribution in [0.25, 0.3) is 0 Å². The van der Waals surface area contributed by atoms with Gasteiger partial charge in [-0.15, -0.1) is 0 Å². The van der Waals surface area contributed by atoms with Gasteiger partial charge in [0.2, 0.25) is 11.8 Å². The first kappa shape index (κ1) is 25.0. The number of aromatic hydroxyl groups is 1. The van der Waals surface area contributed by atoms with Crippen molar-refractivity contribution in [2.75, 3.05) is 12.3 Å². The summed E-state index contributed by atoms with van der Waals surface area (Å²) in [5.74, 6) is -2.49. The minimum atomic E-state index is -1.23. The molecule has 30 heavy (non-hydrogen) atoms. The molecule has 166 valence electrons. The fourth-order valence-corrected chi connectivity index (χ4v) is 2.64. The number of carboxylic acid groups (broad SMARTS) is 1. The molecule has 0 fully saturated rings. The summed E-state index contributed by atoms with van der Waals surface area (Å²) in [6, 6.07) is 2.86. The van der Waals surface area contributed by atoms with E-state index in [0.717, 1.165) is 0 Å². The number of benzene rings is 1. The minimum absolute atomic E-state index is 0.0487. The second kappa shape index (κ2) is 12.5. The second-order valence-electron chi connectivity index (χ2n) is 6.57. The van der Waals surface area contributed by atoms with Crippen molar-refractivity contribution in [2.24, 2.45) is 22.2 Å². The molecular formula is C18H28N6O5S. The number of carboxylic acids is 1. The van der Waals surface area contributed by atoms with Crippen LogP contribution in [0, 0.1) is 0 Å². The molecule has 0 heterocycles. The highest BCUT2D eigenvalue weighted by Crippen LogP contribution is 2.12. The van der Waals surface area contributed by atoms with E-state index in [-0.39, 0.29) is 36.8 Å². The van der Waals surface area contributed by atoms with Crippen molar-refractivity contribution in [3.8, 4) is 5.75 Å². The number of aliphatic carboxylic acids is 1. The average Bonchev–Trinajstić information content (AvgIpc) is 2.69. The van der Waals surface area contributed by atoms with Crippen LogP contribution in [0.3, 0.4) is 0 Å². The minimum Gasteiger partial charge on any atom is -0.508 e. The number of carbonyl (C=O) groups excluding carboxylic acids is 2. The van der Waals surface area contributed by atoms with Gasteiger partial charge in [-0.2, -0.15) is 12.6 Å². The number of hydrogen-bond donors (Lipinski definition) is 8. The molecule has 0 saturated carbocycles. The lowest BCUT2D eigenvalue weighted by atomic mass is 10.0. The summed E-state index contributed by atoms with van der Waals surface area (Å²) in [6.45, 7) is 0.215. The number of carbonyl (C=O) groups is 3. The van der Waals surface area contributed by atoms with Crippen LogP contribution in [0.4, 0.5) is 0 Å². The van der Waals surface area contributed by atoms with Crippen LogP contribution in [-0.2, 0) is 20.8 Å². The molecule has 0 aromatic heterocycles. The molecule has 10 N–H and O–H groups in total. The molecule has 3 atom stereocenters. The standard InChI is InChI=1S/C18H28N6O5S/c19-12(9-30)15(26)24-14(8-10-3-5-11(25)6-4-10)16(27)23-13(17(28)29)2-1-7-22-18(20)21/h3-6,12-14,25,30H,1-2,7-9,19H2,(H,23,27)(H,24,26)(H,28,29)(H4,20,21,22). The summed E-state index contributed by atoms with van der Waals surface area (Å²) in [5, 5.41) is 23.7. The van der Waals surface area contributed by atoms with Gasteiger partial charge in [-0.1, -0.05) is 12.1 Å². The smallest absolute Gasteiger partial charge is 0.326 e. The van der Waals surface area contributed by atoms with Crippen LogP contribution in [0.5, 0.6) is 5.75 Å². The summed E-state index contributed by atoms with van der Waals surface area (Å²) >= 11 is 3.96. The third-order valence-electron chi connectivity index (χ3n) is 4.10. The Bertz CT molecular complexity index is 754. The van der Waals surface area contributed by atoms with Crippen LogP contribution in [-0.4, -0.2) is 64.4 Å². The number of nitrogens with one attached hydrogen (secondary N) is 2. The van der Waals surface area contributed by atoms with E-state index in [1.54, 1.807) is 12.1 Å². The number of nitrogens with zero attached hydrogens (tertiary/aromatic N) is 1. The zero-order chi connectivity index (χ0) is 22.7. The average molecular weight is 441 g/mol. The predicted molar refractivity (Wildman–Crippen MR) is 115 cm³/mol. The molecule has 0 radical (unpaired) electrons. The van der Waals surface area contributed by atoms with Crippen LogP contribution < -0.4 is 27.8 Å². The first-order valence-corrected chi connectivity index (χ1v) is 9.80. The Balaban J connectivity index is 2.89. The van der Waals surface area contributed by atoms with Crippen molar-refractivity contribution < 1.29 is 24.6 Å². The lowest BCUT2D eigenvalue weighted by Gasteiger charge is -2.22. The molecule has 0 saturated heterocycles. The van der Waals surface area contributed by atoms with Crippen molar-refractivity contribution in [3.63, 3.8) is 0 Å². The van der Waals surface area contributed by atoms with Gasteiger partial charge < -0.3 is 38.0 Å². The Morgan fingerprint density at radius 2 is 1.67 bits per heavy atom. The molecule has 11 nitrogen and oxygen atoms in total. The zero-order valence-corrected chi connectivity index (χ0v) is 17.2. The third kappa shape index (κ3) is 9.01. The van der Waals surface area contributed by atoms with Crippen molar-refractivity contribution in [1.29, 1.82) is 0 Å². The Labute approximate surface area is 179 Å². The van der Waals surface area contributed by atoms with Gasteiger partial charge in [0.15, 0.2) is 5.96 Å². The van der Waals surface area contributed by atoms with Gasteiger partial charge >= 0.3 is 5.97 Å². The molecule has 0 aliphatic rings.